The number of benzene rings is 1. The summed E-state index contributed by atoms with van der Waals surface area (Å²) in [5, 5.41) is 3.67. The van der Waals surface area contributed by atoms with Gasteiger partial charge in [-0.3, -0.25) is 4.90 Å². The molecular formula is C15H21Cl2N3O3S. The van der Waals surface area contributed by atoms with Gasteiger partial charge in [0.1, 0.15) is 10.6 Å². The van der Waals surface area contributed by atoms with Crippen molar-refractivity contribution in [3.05, 3.63) is 22.2 Å². The van der Waals surface area contributed by atoms with Crippen molar-refractivity contribution in [1.82, 2.24) is 14.5 Å². The minimum absolute atomic E-state index is 0.0379. The zero-order chi connectivity index (χ0) is 17.3. The van der Waals surface area contributed by atoms with Crippen LogP contribution in [0.5, 0.6) is 5.75 Å². The molecule has 0 aromatic heterocycles. The average molecular weight is 394 g/mol. The summed E-state index contributed by atoms with van der Waals surface area (Å²) in [4.78, 5) is 2.39. The Kier molecular flexibility index (Phi) is 5.58. The Hall–Kier alpha value is -0.570. The van der Waals surface area contributed by atoms with Crippen LogP contribution in [-0.2, 0) is 10.0 Å². The molecule has 0 bridgehead atoms. The van der Waals surface area contributed by atoms with Crippen LogP contribution in [-0.4, -0.2) is 70.0 Å². The molecule has 3 rings (SSSR count). The predicted molar refractivity (Wildman–Crippen MR) is 94.6 cm³/mol. The van der Waals surface area contributed by atoms with Crippen molar-refractivity contribution in [2.24, 2.45) is 0 Å². The van der Waals surface area contributed by atoms with Crippen molar-refractivity contribution in [2.45, 2.75) is 17.4 Å². The van der Waals surface area contributed by atoms with E-state index in [-0.39, 0.29) is 21.0 Å². The molecule has 0 amide bonds. The van der Waals surface area contributed by atoms with Gasteiger partial charge in [-0.1, -0.05) is 23.2 Å². The molecule has 0 aliphatic carbocycles. The number of methoxy groups -OCH3 is 1. The molecule has 2 saturated heterocycles. The summed E-state index contributed by atoms with van der Waals surface area (Å²) in [6.07, 6.45) is 0.834. The Labute approximate surface area is 152 Å². The van der Waals surface area contributed by atoms with Crippen LogP contribution in [0.1, 0.15) is 6.42 Å². The van der Waals surface area contributed by atoms with Gasteiger partial charge in [0, 0.05) is 51.4 Å². The number of rotatable bonds is 4. The highest BCUT2D eigenvalue weighted by Crippen LogP contribution is 2.35. The molecule has 2 heterocycles. The van der Waals surface area contributed by atoms with E-state index in [1.165, 1.54) is 23.5 Å². The molecule has 0 saturated carbocycles. The number of piperazine rings is 1. The normalized spacial score (nSPS) is 23.5. The SMILES string of the molecule is COc1cc(Cl)c(S(=O)(=O)N2CCC(N3CCNCC3)C2)cc1Cl. The van der Waals surface area contributed by atoms with Crippen molar-refractivity contribution in [1.29, 1.82) is 0 Å². The molecular weight excluding hydrogens is 373 g/mol. The summed E-state index contributed by atoms with van der Waals surface area (Å²) in [7, 11) is -2.21. The van der Waals surface area contributed by atoms with Gasteiger partial charge < -0.3 is 10.1 Å². The largest absolute Gasteiger partial charge is 0.495 e. The van der Waals surface area contributed by atoms with E-state index in [1.54, 1.807) is 0 Å². The number of ether oxygens (including phenoxy) is 1. The molecule has 9 heteroatoms. The second kappa shape index (κ2) is 7.35. The fourth-order valence-corrected chi connectivity index (χ4v) is 5.59. The van der Waals surface area contributed by atoms with E-state index in [2.05, 4.69) is 10.2 Å². The number of hydrogen-bond donors (Lipinski definition) is 1. The first-order chi connectivity index (χ1) is 11.4. The van der Waals surface area contributed by atoms with Gasteiger partial charge in [0.2, 0.25) is 10.0 Å². The maximum Gasteiger partial charge on any atom is 0.244 e. The second-order valence-corrected chi connectivity index (χ2v) is 8.73. The standard InChI is InChI=1S/C15H21Cl2N3O3S/c1-23-14-8-13(17)15(9-12(14)16)24(21,22)20-5-2-11(10-20)19-6-3-18-4-7-19/h8-9,11,18H,2-7,10H2,1H3. The summed E-state index contributed by atoms with van der Waals surface area (Å²) < 4.78 is 32.5. The molecule has 24 heavy (non-hydrogen) atoms. The van der Waals surface area contributed by atoms with Crippen LogP contribution in [0, 0.1) is 0 Å². The Morgan fingerprint density at radius 1 is 1.17 bits per heavy atom. The summed E-state index contributed by atoms with van der Waals surface area (Å²) in [5.74, 6) is 0.362. The zero-order valence-corrected chi connectivity index (χ0v) is 15.8. The predicted octanol–water partition coefficient (Wildman–Crippen LogP) is 1.67. The molecule has 1 atom stereocenters. The Balaban J connectivity index is 1.80. The monoisotopic (exact) mass is 393 g/mol. The molecule has 1 aromatic rings. The highest BCUT2D eigenvalue weighted by molar-refractivity contribution is 7.89. The molecule has 1 unspecified atom stereocenters. The van der Waals surface area contributed by atoms with Gasteiger partial charge in [0.25, 0.3) is 0 Å². The second-order valence-electron chi connectivity index (χ2n) is 6.01. The molecule has 2 fully saturated rings. The van der Waals surface area contributed by atoms with Crippen molar-refractivity contribution < 1.29 is 13.2 Å². The molecule has 6 nitrogen and oxygen atoms in total. The van der Waals surface area contributed by atoms with Gasteiger partial charge in [-0.15, -0.1) is 0 Å². The smallest absolute Gasteiger partial charge is 0.244 e. The first kappa shape index (κ1) is 18.2. The van der Waals surface area contributed by atoms with E-state index in [1.807, 2.05) is 0 Å². The quantitative estimate of drug-likeness (QED) is 0.842. The van der Waals surface area contributed by atoms with Crippen LogP contribution in [0.4, 0.5) is 0 Å². The van der Waals surface area contributed by atoms with Crippen LogP contribution < -0.4 is 10.1 Å². The molecule has 1 aromatic carbocycles. The summed E-state index contributed by atoms with van der Waals surface area (Å²) in [6.45, 7) is 4.78. The number of sulfonamides is 1. The van der Waals surface area contributed by atoms with E-state index in [0.29, 0.717) is 18.8 Å². The molecule has 2 aliphatic rings. The van der Waals surface area contributed by atoms with Gasteiger partial charge in [0.05, 0.1) is 17.2 Å². The van der Waals surface area contributed by atoms with Crippen LogP contribution >= 0.6 is 23.2 Å². The van der Waals surface area contributed by atoms with E-state index in [4.69, 9.17) is 27.9 Å². The molecule has 1 N–H and O–H groups in total. The molecule has 0 radical (unpaired) electrons. The number of halogens is 2. The highest BCUT2D eigenvalue weighted by Gasteiger charge is 2.36. The van der Waals surface area contributed by atoms with E-state index >= 15 is 0 Å². The number of hydrogen-bond acceptors (Lipinski definition) is 5. The van der Waals surface area contributed by atoms with E-state index in [9.17, 15) is 8.42 Å². The van der Waals surface area contributed by atoms with Gasteiger partial charge in [-0.05, 0) is 12.5 Å². The van der Waals surface area contributed by atoms with Crippen LogP contribution in [0.15, 0.2) is 17.0 Å². The maximum absolute atomic E-state index is 12.9. The first-order valence-electron chi connectivity index (χ1n) is 7.91. The lowest BCUT2D eigenvalue weighted by molar-refractivity contribution is 0.179. The minimum Gasteiger partial charge on any atom is -0.495 e. The van der Waals surface area contributed by atoms with E-state index in [0.717, 1.165) is 32.6 Å². The Morgan fingerprint density at radius 2 is 1.88 bits per heavy atom. The van der Waals surface area contributed by atoms with Gasteiger partial charge in [-0.25, -0.2) is 8.42 Å². The van der Waals surface area contributed by atoms with Crippen molar-refractivity contribution >= 4 is 33.2 Å². The number of nitrogens with one attached hydrogen (secondary N) is 1. The van der Waals surface area contributed by atoms with Gasteiger partial charge >= 0.3 is 0 Å². The minimum atomic E-state index is -3.67. The Morgan fingerprint density at radius 3 is 2.54 bits per heavy atom. The molecule has 2 aliphatic heterocycles. The van der Waals surface area contributed by atoms with Gasteiger partial charge in [-0.2, -0.15) is 4.31 Å². The van der Waals surface area contributed by atoms with Crippen LogP contribution in [0.3, 0.4) is 0 Å². The van der Waals surface area contributed by atoms with Crippen LogP contribution in [0.25, 0.3) is 0 Å². The lowest BCUT2D eigenvalue weighted by Crippen LogP contribution is -2.49. The topological polar surface area (TPSA) is 61.9 Å². The summed E-state index contributed by atoms with van der Waals surface area (Å²) >= 11 is 12.2. The lowest BCUT2D eigenvalue weighted by Gasteiger charge is -2.32. The third-order valence-electron chi connectivity index (χ3n) is 4.62. The first-order valence-corrected chi connectivity index (χ1v) is 10.1. The zero-order valence-electron chi connectivity index (χ0n) is 13.5. The fourth-order valence-electron chi connectivity index (χ4n) is 3.28. The number of nitrogens with zero attached hydrogens (tertiary/aromatic N) is 2. The Bertz CT molecular complexity index is 708. The summed E-state index contributed by atoms with van der Waals surface area (Å²) in [6, 6.07) is 3.07. The fraction of sp³-hybridized carbons (Fsp3) is 0.600. The van der Waals surface area contributed by atoms with E-state index < -0.39 is 10.0 Å². The lowest BCUT2D eigenvalue weighted by atomic mass is 10.2. The molecule has 134 valence electrons. The van der Waals surface area contributed by atoms with Gasteiger partial charge in [0.15, 0.2) is 0 Å². The maximum atomic E-state index is 12.9. The third kappa shape index (κ3) is 3.52. The summed E-state index contributed by atoms with van der Waals surface area (Å²) in [5.41, 5.74) is 0. The van der Waals surface area contributed by atoms with Crippen LogP contribution in [0.2, 0.25) is 10.0 Å². The molecule has 0 spiro atoms. The van der Waals surface area contributed by atoms with Crippen molar-refractivity contribution in [2.75, 3.05) is 46.4 Å². The highest BCUT2D eigenvalue weighted by atomic mass is 35.5. The third-order valence-corrected chi connectivity index (χ3v) is 7.24. The average Bonchev–Trinajstić information content (AvgIpc) is 3.08. The van der Waals surface area contributed by atoms with Crippen molar-refractivity contribution in [3.8, 4) is 5.75 Å². The van der Waals surface area contributed by atoms with Crippen molar-refractivity contribution in [3.63, 3.8) is 0 Å².